The van der Waals surface area contributed by atoms with Gasteiger partial charge in [-0.1, -0.05) is 19.9 Å². The van der Waals surface area contributed by atoms with Crippen LogP contribution < -0.4 is 0 Å². The smallest absolute Gasteiger partial charge is 0.328 e. The molecule has 1 fully saturated rings. The van der Waals surface area contributed by atoms with Crippen molar-refractivity contribution in [1.82, 2.24) is 0 Å². The van der Waals surface area contributed by atoms with Gasteiger partial charge in [0.05, 0.1) is 12.7 Å². The third kappa shape index (κ3) is 4.98. The van der Waals surface area contributed by atoms with Gasteiger partial charge in [-0.05, 0) is 31.1 Å². The van der Waals surface area contributed by atoms with Crippen LogP contribution in [0.15, 0.2) is 12.2 Å². The second-order valence-electron chi connectivity index (χ2n) is 4.61. The highest BCUT2D eigenvalue weighted by atomic mass is 16.5. The van der Waals surface area contributed by atoms with Crippen molar-refractivity contribution in [2.45, 2.75) is 39.2 Å². The molecular formula is C12H20O3. The Bertz CT molecular complexity index is 225. The van der Waals surface area contributed by atoms with Crippen LogP contribution in [0.5, 0.6) is 0 Å². The van der Waals surface area contributed by atoms with Crippen LogP contribution in [0, 0.1) is 11.8 Å². The summed E-state index contributed by atoms with van der Waals surface area (Å²) in [5.74, 6) is 0.536. The van der Waals surface area contributed by atoms with E-state index in [1.54, 1.807) is 6.08 Å². The van der Waals surface area contributed by atoms with Gasteiger partial charge in [0.15, 0.2) is 0 Å². The number of carboxylic acid groups (broad SMARTS) is 1. The summed E-state index contributed by atoms with van der Waals surface area (Å²) in [5.41, 5.74) is 0. The summed E-state index contributed by atoms with van der Waals surface area (Å²) < 4.78 is 5.62. The fourth-order valence-corrected chi connectivity index (χ4v) is 2.35. The predicted octanol–water partition coefficient (Wildman–Crippen LogP) is 2.47. The lowest BCUT2D eigenvalue weighted by Gasteiger charge is -2.31. The molecule has 86 valence electrons. The molecule has 0 aromatic rings. The normalized spacial score (nSPS) is 32.0. The third-order valence-corrected chi connectivity index (χ3v) is 2.82. The van der Waals surface area contributed by atoms with E-state index < -0.39 is 5.97 Å². The molecule has 0 radical (unpaired) electrons. The molecule has 2 atom stereocenters. The van der Waals surface area contributed by atoms with E-state index in [0.29, 0.717) is 12.7 Å². The summed E-state index contributed by atoms with van der Waals surface area (Å²) in [7, 11) is 0. The van der Waals surface area contributed by atoms with Crippen molar-refractivity contribution in [1.29, 1.82) is 0 Å². The molecule has 1 N–H and O–H groups in total. The lowest BCUT2D eigenvalue weighted by molar-refractivity contribution is -0.131. The fraction of sp³-hybridized carbons (Fsp3) is 0.750. The minimum Gasteiger partial charge on any atom is -0.478 e. The van der Waals surface area contributed by atoms with Crippen molar-refractivity contribution in [3.8, 4) is 0 Å². The molecule has 1 aliphatic carbocycles. The third-order valence-electron chi connectivity index (χ3n) is 2.82. The van der Waals surface area contributed by atoms with Gasteiger partial charge in [0.1, 0.15) is 0 Å². The Kier molecular flexibility index (Phi) is 4.82. The van der Waals surface area contributed by atoms with Crippen molar-refractivity contribution >= 4 is 5.97 Å². The number of hydrogen-bond donors (Lipinski definition) is 1. The second kappa shape index (κ2) is 5.91. The summed E-state index contributed by atoms with van der Waals surface area (Å²) in [6.07, 6.45) is 6.49. The Hall–Kier alpha value is -0.830. The molecule has 3 heteroatoms. The molecular weight excluding hydrogens is 192 g/mol. The Balaban J connectivity index is 2.23. The molecule has 0 amide bonds. The molecule has 1 aliphatic rings. The zero-order valence-corrected chi connectivity index (χ0v) is 9.48. The first kappa shape index (κ1) is 12.2. The zero-order valence-electron chi connectivity index (χ0n) is 9.48. The largest absolute Gasteiger partial charge is 0.478 e. The summed E-state index contributed by atoms with van der Waals surface area (Å²) >= 11 is 0. The molecule has 0 aliphatic heterocycles. The summed E-state index contributed by atoms with van der Waals surface area (Å²) in [6.45, 7) is 4.91. The molecule has 0 bridgehead atoms. The van der Waals surface area contributed by atoms with Gasteiger partial charge < -0.3 is 9.84 Å². The molecule has 0 heterocycles. The van der Waals surface area contributed by atoms with Crippen molar-refractivity contribution in [2.75, 3.05) is 6.61 Å². The van der Waals surface area contributed by atoms with Crippen LogP contribution in [-0.4, -0.2) is 23.8 Å². The van der Waals surface area contributed by atoms with Crippen LogP contribution in [-0.2, 0) is 9.53 Å². The number of hydrogen-bond acceptors (Lipinski definition) is 2. The Morgan fingerprint density at radius 2 is 1.93 bits per heavy atom. The molecule has 0 saturated heterocycles. The van der Waals surface area contributed by atoms with E-state index in [1.165, 1.54) is 6.42 Å². The molecule has 0 aromatic heterocycles. The topological polar surface area (TPSA) is 46.5 Å². The average molecular weight is 212 g/mol. The van der Waals surface area contributed by atoms with Crippen LogP contribution in [0.4, 0.5) is 0 Å². The lowest BCUT2D eigenvalue weighted by atomic mass is 9.82. The quantitative estimate of drug-likeness (QED) is 0.728. The maximum atomic E-state index is 10.2. The molecule has 15 heavy (non-hydrogen) atoms. The Labute approximate surface area is 91.1 Å². The molecule has 2 unspecified atom stereocenters. The first-order chi connectivity index (χ1) is 7.08. The highest BCUT2D eigenvalue weighted by molar-refractivity contribution is 5.79. The number of rotatable bonds is 4. The average Bonchev–Trinajstić information content (AvgIpc) is 2.10. The molecule has 1 rings (SSSR count). The number of aliphatic carboxylic acids is 1. The van der Waals surface area contributed by atoms with Crippen molar-refractivity contribution in [3.05, 3.63) is 12.2 Å². The maximum absolute atomic E-state index is 10.2. The highest BCUT2D eigenvalue weighted by Gasteiger charge is 2.23. The molecule has 1 saturated carbocycles. The molecule has 0 aromatic carbocycles. The van der Waals surface area contributed by atoms with Crippen molar-refractivity contribution in [2.24, 2.45) is 11.8 Å². The SMILES string of the molecule is CC1CC(C)CC(OCC=CC(=O)O)C1. The maximum Gasteiger partial charge on any atom is 0.328 e. The predicted molar refractivity (Wildman–Crippen MR) is 58.7 cm³/mol. The number of carboxylic acids is 1. The Morgan fingerprint density at radius 3 is 2.47 bits per heavy atom. The van der Waals surface area contributed by atoms with Gasteiger partial charge in [-0.15, -0.1) is 0 Å². The van der Waals surface area contributed by atoms with E-state index in [2.05, 4.69) is 13.8 Å². The van der Waals surface area contributed by atoms with Crippen LogP contribution in [0.1, 0.15) is 33.1 Å². The summed E-state index contributed by atoms with van der Waals surface area (Å²) in [5, 5.41) is 8.39. The fourth-order valence-electron chi connectivity index (χ4n) is 2.35. The Morgan fingerprint density at radius 1 is 1.33 bits per heavy atom. The van der Waals surface area contributed by atoms with Crippen LogP contribution in [0.25, 0.3) is 0 Å². The molecule has 0 spiro atoms. The monoisotopic (exact) mass is 212 g/mol. The second-order valence-corrected chi connectivity index (χ2v) is 4.61. The van der Waals surface area contributed by atoms with Crippen molar-refractivity contribution < 1.29 is 14.6 Å². The van der Waals surface area contributed by atoms with Crippen LogP contribution >= 0.6 is 0 Å². The van der Waals surface area contributed by atoms with E-state index in [-0.39, 0.29) is 0 Å². The highest BCUT2D eigenvalue weighted by Crippen LogP contribution is 2.30. The van der Waals surface area contributed by atoms with E-state index in [0.717, 1.165) is 30.8 Å². The van der Waals surface area contributed by atoms with E-state index in [1.807, 2.05) is 0 Å². The van der Waals surface area contributed by atoms with E-state index in [9.17, 15) is 4.79 Å². The minimum absolute atomic E-state index is 0.308. The number of ether oxygens (including phenoxy) is 1. The first-order valence-corrected chi connectivity index (χ1v) is 5.59. The van der Waals surface area contributed by atoms with Crippen LogP contribution in [0.3, 0.4) is 0 Å². The van der Waals surface area contributed by atoms with Gasteiger partial charge in [0.2, 0.25) is 0 Å². The van der Waals surface area contributed by atoms with Gasteiger partial charge in [0, 0.05) is 6.08 Å². The summed E-state index contributed by atoms with van der Waals surface area (Å²) in [4.78, 5) is 10.2. The zero-order chi connectivity index (χ0) is 11.3. The van der Waals surface area contributed by atoms with Crippen LogP contribution in [0.2, 0.25) is 0 Å². The molecule has 3 nitrogen and oxygen atoms in total. The van der Waals surface area contributed by atoms with Gasteiger partial charge in [0.25, 0.3) is 0 Å². The van der Waals surface area contributed by atoms with Gasteiger partial charge in [-0.3, -0.25) is 0 Å². The van der Waals surface area contributed by atoms with E-state index >= 15 is 0 Å². The summed E-state index contributed by atoms with van der Waals surface area (Å²) in [6, 6.07) is 0. The van der Waals surface area contributed by atoms with E-state index in [4.69, 9.17) is 9.84 Å². The minimum atomic E-state index is -0.913. The first-order valence-electron chi connectivity index (χ1n) is 5.59. The standard InChI is InChI=1S/C12H20O3/c1-9-6-10(2)8-11(7-9)15-5-3-4-12(13)14/h3-4,9-11H,5-8H2,1-2H3,(H,13,14). The van der Waals surface area contributed by atoms with Crippen molar-refractivity contribution in [3.63, 3.8) is 0 Å². The van der Waals surface area contributed by atoms with Gasteiger partial charge in [-0.25, -0.2) is 4.79 Å². The van der Waals surface area contributed by atoms with Gasteiger partial charge in [-0.2, -0.15) is 0 Å². The lowest BCUT2D eigenvalue weighted by Crippen LogP contribution is -2.26. The van der Waals surface area contributed by atoms with Gasteiger partial charge >= 0.3 is 5.97 Å². The number of carbonyl (C=O) groups is 1.